The van der Waals surface area contributed by atoms with E-state index in [4.69, 9.17) is 5.26 Å². The molecule has 0 radical (unpaired) electrons. The lowest BCUT2D eigenvalue weighted by molar-refractivity contribution is -0.386. The van der Waals surface area contributed by atoms with Gasteiger partial charge in [-0.15, -0.1) is 0 Å². The van der Waals surface area contributed by atoms with E-state index in [1.54, 1.807) is 28.7 Å². The molecular weight excluding hydrogens is 311 g/mol. The van der Waals surface area contributed by atoms with Crippen LogP contribution in [0.4, 0.5) is 5.69 Å². The fraction of sp³-hybridized carbons (Fsp3) is 0.111. The summed E-state index contributed by atoms with van der Waals surface area (Å²) in [5.74, 6) is -0.223. The van der Waals surface area contributed by atoms with Crippen molar-refractivity contribution in [3.63, 3.8) is 0 Å². The first-order chi connectivity index (χ1) is 6.97. The molecule has 0 aromatic heterocycles. The molecule has 0 saturated carbocycles. The largest absolute Gasteiger partial charge is 0.300 e. The van der Waals surface area contributed by atoms with E-state index < -0.39 is 4.92 Å². The molecule has 0 bridgehead atoms. The summed E-state index contributed by atoms with van der Waals surface area (Å²) < 4.78 is 0.293. The number of Topliss-reactive ketones (excluding diaryl/α,β-unsaturated/α-hetero) is 1. The van der Waals surface area contributed by atoms with Gasteiger partial charge in [-0.2, -0.15) is 5.26 Å². The normalized spacial score (nSPS) is 9.40. The van der Waals surface area contributed by atoms with Gasteiger partial charge >= 0.3 is 0 Å². The predicted molar refractivity (Wildman–Crippen MR) is 60.5 cm³/mol. The number of rotatable bonds is 2. The van der Waals surface area contributed by atoms with Gasteiger partial charge in [-0.05, 0) is 41.6 Å². The van der Waals surface area contributed by atoms with E-state index in [1.807, 2.05) is 0 Å². The summed E-state index contributed by atoms with van der Waals surface area (Å²) >= 11 is 1.74. The van der Waals surface area contributed by atoms with E-state index in [0.29, 0.717) is 9.13 Å². The molecule has 0 aliphatic carbocycles. The van der Waals surface area contributed by atoms with Crippen molar-refractivity contribution in [3.8, 4) is 6.07 Å². The molecule has 5 nitrogen and oxygen atoms in total. The summed E-state index contributed by atoms with van der Waals surface area (Å²) in [6.07, 6.45) is 0. The summed E-state index contributed by atoms with van der Waals surface area (Å²) in [7, 11) is 0. The van der Waals surface area contributed by atoms with Crippen LogP contribution in [0.3, 0.4) is 0 Å². The molecule has 0 spiro atoms. The van der Waals surface area contributed by atoms with Gasteiger partial charge in [-0.3, -0.25) is 14.9 Å². The second kappa shape index (κ2) is 4.35. The molecule has 0 aliphatic rings. The average Bonchev–Trinajstić information content (AvgIpc) is 2.15. The number of hydrogen-bond acceptors (Lipinski definition) is 4. The summed E-state index contributed by atoms with van der Waals surface area (Å²) in [5, 5.41) is 19.4. The number of nitro benzene ring substituents is 1. The summed E-state index contributed by atoms with van der Waals surface area (Å²) in [6, 6.07) is 4.36. The van der Waals surface area contributed by atoms with Crippen molar-refractivity contribution in [3.05, 3.63) is 36.9 Å². The van der Waals surface area contributed by atoms with E-state index in [0.717, 1.165) is 0 Å². The van der Waals surface area contributed by atoms with Gasteiger partial charge in [-0.25, -0.2) is 0 Å². The molecule has 0 aliphatic heterocycles. The first-order valence-corrected chi connectivity index (χ1v) is 4.94. The Kier molecular flexibility index (Phi) is 3.36. The first kappa shape index (κ1) is 11.6. The van der Waals surface area contributed by atoms with Crippen molar-refractivity contribution in [2.75, 3.05) is 0 Å². The molecule has 0 amide bonds. The van der Waals surface area contributed by atoms with Gasteiger partial charge in [-0.1, -0.05) is 0 Å². The van der Waals surface area contributed by atoms with Gasteiger partial charge in [0.2, 0.25) is 0 Å². The van der Waals surface area contributed by atoms with Gasteiger partial charge in [0.15, 0.2) is 5.78 Å². The minimum Gasteiger partial charge on any atom is -0.295 e. The number of benzene rings is 1. The molecule has 6 heteroatoms. The Morgan fingerprint density at radius 3 is 2.60 bits per heavy atom. The Labute approximate surface area is 99.0 Å². The van der Waals surface area contributed by atoms with Crippen LogP contribution in [0.25, 0.3) is 0 Å². The Balaban J connectivity index is 3.53. The van der Waals surface area contributed by atoms with Crippen LogP contribution in [0.1, 0.15) is 22.8 Å². The van der Waals surface area contributed by atoms with Crippen LogP contribution >= 0.6 is 22.6 Å². The second-order valence-corrected chi connectivity index (χ2v) is 3.94. The summed E-state index contributed by atoms with van der Waals surface area (Å²) in [4.78, 5) is 21.1. The Morgan fingerprint density at radius 2 is 2.20 bits per heavy atom. The lowest BCUT2D eigenvalue weighted by atomic mass is 10.1. The van der Waals surface area contributed by atoms with E-state index in [2.05, 4.69) is 0 Å². The van der Waals surface area contributed by atoms with Crippen LogP contribution in [0.2, 0.25) is 0 Å². The van der Waals surface area contributed by atoms with Gasteiger partial charge < -0.3 is 0 Å². The van der Waals surface area contributed by atoms with Crippen LogP contribution in [-0.4, -0.2) is 10.7 Å². The molecule has 0 N–H and O–H groups in total. The van der Waals surface area contributed by atoms with Gasteiger partial charge in [0.25, 0.3) is 5.69 Å². The number of nitro groups is 1. The SMILES string of the molecule is CC(=O)c1cc(I)c([N+](=O)[O-])c(C#N)c1. The Morgan fingerprint density at radius 1 is 1.60 bits per heavy atom. The number of nitriles is 1. The van der Waals surface area contributed by atoms with E-state index >= 15 is 0 Å². The van der Waals surface area contributed by atoms with E-state index in [1.165, 1.54) is 19.1 Å². The average molecular weight is 316 g/mol. The molecular formula is C9H5IN2O3. The first-order valence-electron chi connectivity index (χ1n) is 3.86. The number of ketones is 1. The third-order valence-electron chi connectivity index (χ3n) is 1.77. The number of hydrogen-bond donors (Lipinski definition) is 0. The van der Waals surface area contributed by atoms with Crippen molar-refractivity contribution < 1.29 is 9.72 Å². The van der Waals surface area contributed by atoms with Crippen molar-refractivity contribution in [2.45, 2.75) is 6.92 Å². The molecule has 15 heavy (non-hydrogen) atoms. The molecule has 0 saturated heterocycles. The fourth-order valence-electron chi connectivity index (χ4n) is 1.07. The van der Waals surface area contributed by atoms with E-state index in [9.17, 15) is 14.9 Å². The predicted octanol–water partition coefficient (Wildman–Crippen LogP) is 2.27. The molecule has 76 valence electrons. The zero-order chi connectivity index (χ0) is 11.6. The topological polar surface area (TPSA) is 84.0 Å². The molecule has 0 atom stereocenters. The maximum Gasteiger partial charge on any atom is 0.300 e. The molecule has 1 aromatic carbocycles. The zero-order valence-electron chi connectivity index (χ0n) is 7.65. The van der Waals surface area contributed by atoms with Gasteiger partial charge in [0, 0.05) is 5.56 Å². The fourth-order valence-corrected chi connectivity index (χ4v) is 1.90. The molecule has 0 fully saturated rings. The van der Waals surface area contributed by atoms with Crippen LogP contribution < -0.4 is 0 Å². The third kappa shape index (κ3) is 2.30. The van der Waals surface area contributed by atoms with Crippen LogP contribution in [0.15, 0.2) is 12.1 Å². The van der Waals surface area contributed by atoms with Crippen LogP contribution in [0, 0.1) is 25.0 Å². The smallest absolute Gasteiger partial charge is 0.295 e. The maximum atomic E-state index is 11.1. The Hall–Kier alpha value is -1.49. The standard InChI is InChI=1S/C9H5IN2O3/c1-5(13)6-2-7(4-11)9(12(14)15)8(10)3-6/h2-3H,1H3. The minimum atomic E-state index is -0.621. The van der Waals surface area contributed by atoms with Crippen molar-refractivity contribution in [1.29, 1.82) is 5.26 Å². The summed E-state index contributed by atoms with van der Waals surface area (Å²) in [6.45, 7) is 1.35. The quantitative estimate of drug-likeness (QED) is 0.363. The van der Waals surface area contributed by atoms with Gasteiger partial charge in [0.05, 0.1) is 8.49 Å². The lowest BCUT2D eigenvalue weighted by Gasteiger charge is -2.00. The highest BCUT2D eigenvalue weighted by Gasteiger charge is 2.20. The molecule has 1 rings (SSSR count). The number of carbonyl (C=O) groups excluding carboxylic acids is 1. The molecule has 0 heterocycles. The van der Waals surface area contributed by atoms with Crippen LogP contribution in [0.5, 0.6) is 0 Å². The highest BCUT2D eigenvalue weighted by atomic mass is 127. The maximum absolute atomic E-state index is 11.1. The molecule has 1 aromatic rings. The zero-order valence-corrected chi connectivity index (χ0v) is 9.81. The Bertz CT molecular complexity index is 491. The number of carbonyl (C=O) groups is 1. The monoisotopic (exact) mass is 316 g/mol. The van der Waals surface area contributed by atoms with Crippen molar-refractivity contribution in [2.24, 2.45) is 0 Å². The lowest BCUT2D eigenvalue weighted by Crippen LogP contribution is -2.00. The van der Waals surface area contributed by atoms with Crippen molar-refractivity contribution in [1.82, 2.24) is 0 Å². The number of halogens is 1. The third-order valence-corrected chi connectivity index (χ3v) is 2.60. The van der Waals surface area contributed by atoms with Gasteiger partial charge in [0.1, 0.15) is 11.6 Å². The van der Waals surface area contributed by atoms with E-state index in [-0.39, 0.29) is 17.0 Å². The highest BCUT2D eigenvalue weighted by molar-refractivity contribution is 14.1. The number of nitrogens with zero attached hydrogens (tertiary/aromatic N) is 2. The second-order valence-electron chi connectivity index (χ2n) is 2.78. The van der Waals surface area contributed by atoms with Crippen LogP contribution in [-0.2, 0) is 0 Å². The highest BCUT2D eigenvalue weighted by Crippen LogP contribution is 2.26. The summed E-state index contributed by atoms with van der Waals surface area (Å²) in [5.41, 5.74) is -0.0262. The molecule has 0 unspecified atom stereocenters. The van der Waals surface area contributed by atoms with Crippen molar-refractivity contribution >= 4 is 34.1 Å². The minimum absolute atomic E-state index is 0.0860.